The van der Waals surface area contributed by atoms with Crippen LogP contribution in [0.3, 0.4) is 0 Å². The lowest BCUT2D eigenvalue weighted by Gasteiger charge is -2.30. The van der Waals surface area contributed by atoms with Gasteiger partial charge in [0.15, 0.2) is 0 Å². The van der Waals surface area contributed by atoms with Crippen LogP contribution in [-0.2, 0) is 5.41 Å². The van der Waals surface area contributed by atoms with Crippen LogP contribution in [0.1, 0.15) is 25.0 Å². The van der Waals surface area contributed by atoms with Crippen LogP contribution in [0.25, 0.3) is 82.8 Å². The van der Waals surface area contributed by atoms with E-state index in [0.717, 1.165) is 61.3 Å². The van der Waals surface area contributed by atoms with Gasteiger partial charge >= 0.3 is 0 Å². The fraction of sp³-hybridized carbons (Fsp3) is 0.0526. The molecule has 0 amide bonds. The Labute approximate surface area is 349 Å². The lowest BCUT2D eigenvalue weighted by molar-refractivity contribution is 0.660. The van der Waals surface area contributed by atoms with Crippen molar-refractivity contribution in [2.45, 2.75) is 19.3 Å². The molecule has 0 aliphatic heterocycles. The number of furan rings is 1. The van der Waals surface area contributed by atoms with Crippen LogP contribution in [0.4, 0.5) is 17.1 Å². The van der Waals surface area contributed by atoms with E-state index in [-0.39, 0.29) is 5.41 Å². The number of fused-ring (bicyclic) bond motifs is 9. The predicted octanol–water partition coefficient (Wildman–Crippen LogP) is 15.8. The van der Waals surface area contributed by atoms with Gasteiger partial charge in [-0.15, -0.1) is 0 Å². The van der Waals surface area contributed by atoms with Crippen LogP contribution < -0.4 is 4.90 Å². The SMILES string of the molecule is CC1(C)c2ccccc2-c2c(-c3ccccc3N(c3cccc(-c4ccc5c(c4)oc4ccccc45)c3)c3cccc4c5ccccc5n(-c5ccccc5)c34)cccc21. The van der Waals surface area contributed by atoms with Gasteiger partial charge < -0.3 is 13.9 Å². The monoisotopic (exact) mass is 768 g/mol. The van der Waals surface area contributed by atoms with Gasteiger partial charge in [-0.05, 0) is 99.6 Å². The van der Waals surface area contributed by atoms with Crippen molar-refractivity contribution in [3.63, 3.8) is 0 Å². The lowest BCUT2D eigenvalue weighted by atomic mass is 9.82. The Bertz CT molecular complexity index is 3480. The second kappa shape index (κ2) is 13.2. The summed E-state index contributed by atoms with van der Waals surface area (Å²) in [4.78, 5) is 2.49. The summed E-state index contributed by atoms with van der Waals surface area (Å²) >= 11 is 0. The molecule has 0 fully saturated rings. The fourth-order valence-electron chi connectivity index (χ4n) is 10.0. The Morgan fingerprint density at radius 3 is 1.97 bits per heavy atom. The van der Waals surface area contributed by atoms with E-state index < -0.39 is 0 Å². The van der Waals surface area contributed by atoms with Crippen molar-refractivity contribution in [1.29, 1.82) is 0 Å². The molecule has 11 aromatic rings. The number of benzene rings is 9. The molecule has 284 valence electrons. The molecule has 2 heterocycles. The zero-order valence-corrected chi connectivity index (χ0v) is 33.4. The molecule has 0 radical (unpaired) electrons. The van der Waals surface area contributed by atoms with Gasteiger partial charge in [-0.25, -0.2) is 0 Å². The Kier molecular flexibility index (Phi) is 7.58. The molecule has 0 saturated carbocycles. The minimum absolute atomic E-state index is 0.117. The maximum atomic E-state index is 6.39. The number of nitrogens with zero attached hydrogens (tertiary/aromatic N) is 2. The molecule has 0 spiro atoms. The highest BCUT2D eigenvalue weighted by Gasteiger charge is 2.37. The average molecular weight is 769 g/mol. The van der Waals surface area contributed by atoms with E-state index in [0.29, 0.717) is 0 Å². The largest absolute Gasteiger partial charge is 0.456 e. The standard InChI is InChI=1S/C57H40N2O/c1-57(2)48-27-10-6-24-47(48)55-45(25-15-28-49(55)57)41-21-7-11-29-50(41)58(40-20-14-17-37(35-40)38-33-34-44-43-23-9-13-32-53(43)60-54(44)36-38)52-31-16-26-46-42-22-8-12-30-51(42)59(56(46)52)39-18-4-3-5-19-39/h3-36H,1-2H3. The van der Waals surface area contributed by atoms with Crippen LogP contribution >= 0.6 is 0 Å². The highest BCUT2D eigenvalue weighted by Crippen LogP contribution is 2.54. The molecular weight excluding hydrogens is 729 g/mol. The van der Waals surface area contributed by atoms with Gasteiger partial charge in [0.25, 0.3) is 0 Å². The van der Waals surface area contributed by atoms with E-state index in [1.54, 1.807) is 0 Å². The average Bonchev–Trinajstić information content (AvgIpc) is 3.93. The van der Waals surface area contributed by atoms with Crippen molar-refractivity contribution >= 4 is 60.8 Å². The molecule has 0 atom stereocenters. The molecule has 60 heavy (non-hydrogen) atoms. The van der Waals surface area contributed by atoms with E-state index in [1.807, 2.05) is 12.1 Å². The molecule has 1 aliphatic rings. The highest BCUT2D eigenvalue weighted by atomic mass is 16.3. The van der Waals surface area contributed by atoms with Gasteiger partial charge in [-0.1, -0.05) is 159 Å². The van der Waals surface area contributed by atoms with Crippen molar-refractivity contribution in [2.24, 2.45) is 0 Å². The molecule has 0 bridgehead atoms. The normalized spacial score (nSPS) is 13.0. The van der Waals surface area contributed by atoms with Crippen LogP contribution in [0.15, 0.2) is 211 Å². The molecule has 2 aromatic heterocycles. The molecule has 9 aromatic carbocycles. The van der Waals surface area contributed by atoms with Gasteiger partial charge in [0, 0.05) is 43.9 Å². The van der Waals surface area contributed by atoms with E-state index >= 15 is 0 Å². The second-order valence-corrected chi connectivity index (χ2v) is 16.5. The van der Waals surface area contributed by atoms with E-state index in [1.165, 1.54) is 49.7 Å². The maximum Gasteiger partial charge on any atom is 0.136 e. The lowest BCUT2D eigenvalue weighted by Crippen LogP contribution is -2.15. The van der Waals surface area contributed by atoms with Gasteiger partial charge in [0.2, 0.25) is 0 Å². The van der Waals surface area contributed by atoms with Crippen molar-refractivity contribution < 1.29 is 4.42 Å². The van der Waals surface area contributed by atoms with Crippen molar-refractivity contribution in [3.05, 3.63) is 217 Å². The third kappa shape index (κ3) is 5.09. The maximum absolute atomic E-state index is 6.39. The van der Waals surface area contributed by atoms with Crippen LogP contribution in [0.5, 0.6) is 0 Å². The zero-order valence-electron chi connectivity index (χ0n) is 33.4. The molecule has 12 rings (SSSR count). The molecule has 1 aliphatic carbocycles. The first-order chi connectivity index (χ1) is 29.5. The number of rotatable bonds is 6. The molecule has 0 unspecified atom stereocenters. The highest BCUT2D eigenvalue weighted by molar-refractivity contribution is 6.15. The molecule has 3 nitrogen and oxygen atoms in total. The summed E-state index contributed by atoms with van der Waals surface area (Å²) in [5, 5.41) is 4.69. The Balaban J connectivity index is 1.14. The van der Waals surface area contributed by atoms with Gasteiger partial charge in [0.05, 0.1) is 22.4 Å². The van der Waals surface area contributed by atoms with Gasteiger partial charge in [0.1, 0.15) is 11.2 Å². The minimum Gasteiger partial charge on any atom is -0.456 e. The summed E-state index contributed by atoms with van der Waals surface area (Å²) in [5.74, 6) is 0. The first kappa shape index (κ1) is 34.4. The van der Waals surface area contributed by atoms with Crippen LogP contribution in [0.2, 0.25) is 0 Å². The molecule has 0 saturated heterocycles. The summed E-state index contributed by atoms with van der Waals surface area (Å²) in [6.45, 7) is 4.72. The third-order valence-electron chi connectivity index (χ3n) is 12.8. The third-order valence-corrected chi connectivity index (χ3v) is 12.8. The van der Waals surface area contributed by atoms with E-state index in [4.69, 9.17) is 4.42 Å². The number of hydrogen-bond donors (Lipinski definition) is 0. The first-order valence-corrected chi connectivity index (χ1v) is 20.8. The topological polar surface area (TPSA) is 21.3 Å². The Morgan fingerprint density at radius 2 is 1.07 bits per heavy atom. The Morgan fingerprint density at radius 1 is 0.433 bits per heavy atom. The number of anilines is 3. The van der Waals surface area contributed by atoms with E-state index in [2.05, 4.69) is 217 Å². The minimum atomic E-state index is -0.117. The Hall–Kier alpha value is -7.62. The second-order valence-electron chi connectivity index (χ2n) is 16.5. The van der Waals surface area contributed by atoms with Crippen LogP contribution in [0, 0.1) is 0 Å². The zero-order chi connectivity index (χ0) is 40.0. The van der Waals surface area contributed by atoms with Gasteiger partial charge in [-0.2, -0.15) is 0 Å². The van der Waals surface area contributed by atoms with Gasteiger partial charge in [-0.3, -0.25) is 0 Å². The molecule has 3 heteroatoms. The van der Waals surface area contributed by atoms with Crippen molar-refractivity contribution in [2.75, 3.05) is 4.90 Å². The smallest absolute Gasteiger partial charge is 0.136 e. The van der Waals surface area contributed by atoms with Crippen molar-refractivity contribution in [1.82, 2.24) is 4.57 Å². The first-order valence-electron chi connectivity index (χ1n) is 20.8. The fourth-order valence-corrected chi connectivity index (χ4v) is 10.0. The summed E-state index contributed by atoms with van der Waals surface area (Å²) in [6, 6.07) is 75.0. The summed E-state index contributed by atoms with van der Waals surface area (Å²) in [6.07, 6.45) is 0. The van der Waals surface area contributed by atoms with Crippen molar-refractivity contribution in [3.8, 4) is 39.1 Å². The quantitative estimate of drug-likeness (QED) is 0.168. The van der Waals surface area contributed by atoms with E-state index in [9.17, 15) is 0 Å². The summed E-state index contributed by atoms with van der Waals surface area (Å²) in [7, 11) is 0. The summed E-state index contributed by atoms with van der Waals surface area (Å²) < 4.78 is 8.83. The van der Waals surface area contributed by atoms with Crippen LogP contribution in [-0.4, -0.2) is 4.57 Å². The molecular formula is C57H40N2O. The number of hydrogen-bond acceptors (Lipinski definition) is 2. The molecule has 0 N–H and O–H groups in total. The summed E-state index contributed by atoms with van der Waals surface area (Å²) in [5.41, 5.74) is 18.4. The predicted molar refractivity (Wildman–Crippen MR) is 251 cm³/mol. The number of para-hydroxylation sites is 5. The number of aromatic nitrogens is 1.